The van der Waals surface area contributed by atoms with Crippen LogP contribution in [0.3, 0.4) is 0 Å². The minimum Gasteiger partial charge on any atom is -0.505 e. The lowest BCUT2D eigenvalue weighted by atomic mass is 10.1. The molecule has 0 aliphatic heterocycles. The van der Waals surface area contributed by atoms with E-state index in [9.17, 15) is 73.8 Å². The fourth-order valence-electron chi connectivity index (χ4n) is 5.86. The molecule has 1 aromatic heterocycles. The molecule has 0 radical (unpaired) electrons. The van der Waals surface area contributed by atoms with Crippen molar-refractivity contribution < 1.29 is 82.6 Å². The van der Waals surface area contributed by atoms with Gasteiger partial charge in [0.25, 0.3) is 40.5 Å². The number of sulfone groups is 1. The van der Waals surface area contributed by atoms with Crippen molar-refractivity contribution >= 4 is 134 Å². The average molecular weight is 1040 g/mol. The van der Waals surface area contributed by atoms with Gasteiger partial charge in [-0.05, 0) is 71.6 Å². The van der Waals surface area contributed by atoms with Crippen LogP contribution in [0.5, 0.6) is 5.75 Å². The Balaban J connectivity index is 1.47. The number of benzene rings is 5. The Morgan fingerprint density at radius 2 is 1.25 bits per heavy atom. The van der Waals surface area contributed by atoms with Gasteiger partial charge in [0, 0.05) is 21.8 Å². The highest BCUT2D eigenvalue weighted by Gasteiger charge is 2.28. The molecular formula is C31H25ClN8O19S6. The summed E-state index contributed by atoms with van der Waals surface area (Å²) in [6.45, 7) is -0.892. The molecule has 65 heavy (non-hydrogen) atoms. The van der Waals surface area contributed by atoms with Crippen molar-refractivity contribution in [1.82, 2.24) is 15.0 Å². The van der Waals surface area contributed by atoms with Crippen LogP contribution in [0.15, 0.2) is 101 Å². The van der Waals surface area contributed by atoms with E-state index >= 15 is 0 Å². The number of anilines is 5. The van der Waals surface area contributed by atoms with Gasteiger partial charge in [0.1, 0.15) is 26.1 Å². The van der Waals surface area contributed by atoms with Crippen molar-refractivity contribution in [2.75, 3.05) is 28.7 Å². The molecule has 0 aliphatic carbocycles. The summed E-state index contributed by atoms with van der Waals surface area (Å²) in [5.74, 6) is -3.01. The highest BCUT2D eigenvalue weighted by Crippen LogP contribution is 2.47. The molecule has 0 spiro atoms. The lowest BCUT2D eigenvalue weighted by Gasteiger charge is -2.15. The fraction of sp³-hybridized carbons (Fsp3) is 0.0645. The molecule has 5 aromatic carbocycles. The third-order valence-corrected chi connectivity index (χ3v) is 14.3. The molecule has 0 amide bonds. The number of nitrogen functional groups attached to an aromatic ring is 1. The molecule has 0 aliphatic rings. The van der Waals surface area contributed by atoms with Crippen molar-refractivity contribution in [3.05, 3.63) is 72.0 Å². The standard InChI is InChI=1S/C31H25ClN8O19S6/c32-29-36-30(34-15-4-6-16(7-5-15)60(42,43)9-8-59-65(56,57)58)38-31(37-29)35-19-12-17(61(44,45)46)10-14-11-23(64(53,54)55)27(28(41)24(14)19)40-39-20-13-22(63(50,51)52)18-2-1-3-21(62(47,48)49)25(18)26(20)33/h1-7,10-13,41H,8-9,33H2,(H,44,45,46)(H,47,48,49)(H,50,51,52)(H,53,54,55)(H,56,57,58)(H2,34,35,36,37,38). The minimum atomic E-state index is -5.49. The molecule has 0 bridgehead atoms. The first kappa shape index (κ1) is 48.6. The van der Waals surface area contributed by atoms with Crippen LogP contribution in [-0.4, -0.2) is 106 Å². The quantitative estimate of drug-likeness (QED) is 0.0403. The van der Waals surface area contributed by atoms with Crippen molar-refractivity contribution in [2.24, 2.45) is 10.2 Å². The summed E-state index contributed by atoms with van der Waals surface area (Å²) in [5, 5.41) is 21.2. The lowest BCUT2D eigenvalue weighted by molar-refractivity contribution is 0.284. The van der Waals surface area contributed by atoms with Crippen molar-refractivity contribution in [1.29, 1.82) is 0 Å². The van der Waals surface area contributed by atoms with Gasteiger partial charge in [0.05, 0.1) is 33.5 Å². The van der Waals surface area contributed by atoms with E-state index in [1.165, 1.54) is 12.1 Å². The van der Waals surface area contributed by atoms with E-state index < -0.39 is 154 Å². The SMILES string of the molecule is Nc1c(N=Nc2c(S(=O)(=O)O)cc3cc(S(=O)(=O)O)cc(Nc4nc(Cl)nc(Nc5ccc(S(=O)(=O)CCOS(=O)(=O)O)cc5)n4)c3c2O)cc(S(=O)(=O)O)c2cccc(S(=O)(=O)O)c12. The Kier molecular flexibility index (Phi) is 12.9. The number of rotatable bonds is 15. The smallest absolute Gasteiger partial charge is 0.397 e. The lowest BCUT2D eigenvalue weighted by Crippen LogP contribution is -2.15. The van der Waals surface area contributed by atoms with E-state index in [1.807, 2.05) is 0 Å². The Hall–Kier alpha value is -5.82. The largest absolute Gasteiger partial charge is 0.505 e. The molecule has 0 saturated heterocycles. The third-order valence-electron chi connectivity index (χ3n) is 8.53. The first-order valence-electron chi connectivity index (χ1n) is 16.7. The number of nitrogens with two attached hydrogens (primary N) is 1. The maximum absolute atomic E-state index is 12.7. The molecule has 0 atom stereocenters. The number of phenols is 1. The molecule has 6 rings (SSSR count). The normalized spacial score (nSPS) is 13.1. The molecule has 346 valence electrons. The summed E-state index contributed by atoms with van der Waals surface area (Å²) < 4.78 is 199. The molecule has 1 heterocycles. The van der Waals surface area contributed by atoms with Crippen LogP contribution in [0, 0.1) is 0 Å². The average Bonchev–Trinajstić information content (AvgIpc) is 3.15. The summed E-state index contributed by atoms with van der Waals surface area (Å²) in [6.07, 6.45) is 0. The van der Waals surface area contributed by atoms with Crippen LogP contribution >= 0.6 is 11.6 Å². The summed E-state index contributed by atoms with van der Waals surface area (Å²) in [7, 11) is -30.1. The number of fused-ring (bicyclic) bond motifs is 2. The maximum Gasteiger partial charge on any atom is 0.397 e. The maximum atomic E-state index is 12.7. The molecular weight excluding hydrogens is 1020 g/mol. The predicted octanol–water partition coefficient (Wildman–Crippen LogP) is 3.60. The number of nitrogens with zero attached hydrogens (tertiary/aromatic N) is 5. The number of phenolic OH excluding ortho intramolecular Hbond substituents is 1. The second-order valence-corrected chi connectivity index (χ2v) is 22.0. The second-order valence-electron chi connectivity index (χ2n) is 12.8. The zero-order chi connectivity index (χ0) is 48.2. The van der Waals surface area contributed by atoms with Crippen LogP contribution < -0.4 is 16.4 Å². The minimum absolute atomic E-state index is 0.112. The number of hydrogen-bond acceptors (Lipinski definition) is 22. The highest BCUT2D eigenvalue weighted by molar-refractivity contribution is 7.91. The molecule has 34 heteroatoms. The number of halogens is 1. The van der Waals surface area contributed by atoms with Crippen molar-refractivity contribution in [2.45, 2.75) is 24.5 Å². The summed E-state index contributed by atoms with van der Waals surface area (Å²) in [4.78, 5) is 7.27. The van der Waals surface area contributed by atoms with Crippen LogP contribution in [-0.2, 0) is 64.9 Å². The summed E-state index contributed by atoms with van der Waals surface area (Å²) in [5.41, 5.74) is 2.97. The monoisotopic (exact) mass is 1040 g/mol. The van der Waals surface area contributed by atoms with Gasteiger partial charge in [-0.1, -0.05) is 12.1 Å². The zero-order valence-corrected chi connectivity index (χ0v) is 37.1. The van der Waals surface area contributed by atoms with Crippen LogP contribution in [0.1, 0.15) is 0 Å². The first-order valence-corrected chi connectivity index (χ1v) is 25.9. The van der Waals surface area contributed by atoms with Crippen LogP contribution in [0.25, 0.3) is 21.5 Å². The molecule has 10 N–H and O–H groups in total. The summed E-state index contributed by atoms with van der Waals surface area (Å²) in [6, 6.07) is 9.92. The molecule has 27 nitrogen and oxygen atoms in total. The van der Waals surface area contributed by atoms with E-state index in [0.29, 0.717) is 24.3 Å². The summed E-state index contributed by atoms with van der Waals surface area (Å²) >= 11 is 6.11. The molecule has 0 unspecified atom stereocenters. The van der Waals surface area contributed by atoms with Crippen LogP contribution in [0.2, 0.25) is 5.28 Å². The van der Waals surface area contributed by atoms with Crippen LogP contribution in [0.4, 0.5) is 40.3 Å². The topological polar surface area (TPSA) is 449 Å². The van der Waals surface area contributed by atoms with Crippen molar-refractivity contribution in [3.63, 3.8) is 0 Å². The molecule has 0 saturated carbocycles. The van der Waals surface area contributed by atoms with E-state index in [4.69, 9.17) is 21.9 Å². The number of aromatic nitrogens is 3. The van der Waals surface area contributed by atoms with Gasteiger partial charge >= 0.3 is 10.4 Å². The second kappa shape index (κ2) is 17.2. The van der Waals surface area contributed by atoms with Gasteiger partial charge in [0.2, 0.25) is 17.2 Å². The zero-order valence-electron chi connectivity index (χ0n) is 31.4. The van der Waals surface area contributed by atoms with Gasteiger partial charge in [-0.2, -0.15) is 57.0 Å². The molecule has 0 fully saturated rings. The number of nitrogens with one attached hydrogen (secondary N) is 2. The Morgan fingerprint density at radius 3 is 1.82 bits per heavy atom. The Labute approximate surface area is 370 Å². The predicted molar refractivity (Wildman–Crippen MR) is 225 cm³/mol. The number of hydrogen-bond donors (Lipinski definition) is 9. The van der Waals surface area contributed by atoms with Gasteiger partial charge in [-0.15, -0.1) is 10.2 Å². The Morgan fingerprint density at radius 1 is 0.646 bits per heavy atom. The first-order chi connectivity index (χ1) is 29.8. The van der Waals surface area contributed by atoms with Gasteiger partial charge in [0.15, 0.2) is 15.6 Å². The van der Waals surface area contributed by atoms with Gasteiger partial charge in [-0.25, -0.2) is 12.6 Å². The van der Waals surface area contributed by atoms with E-state index in [-0.39, 0.29) is 16.5 Å². The number of aromatic hydroxyl groups is 1. The van der Waals surface area contributed by atoms with Gasteiger partial charge < -0.3 is 21.5 Å². The highest BCUT2D eigenvalue weighted by atomic mass is 35.5. The molecule has 6 aromatic rings. The number of azo groups is 1. The van der Waals surface area contributed by atoms with E-state index in [0.717, 1.165) is 30.3 Å². The van der Waals surface area contributed by atoms with Crippen molar-refractivity contribution in [3.8, 4) is 5.75 Å². The van der Waals surface area contributed by atoms with E-state index in [1.54, 1.807) is 0 Å². The Bertz CT molecular complexity index is 3710. The van der Waals surface area contributed by atoms with E-state index in [2.05, 4.69) is 40.0 Å². The fourth-order valence-corrected chi connectivity index (χ4v) is 10.1. The third kappa shape index (κ3) is 11.0. The van der Waals surface area contributed by atoms with Gasteiger partial charge in [-0.3, -0.25) is 22.8 Å².